The van der Waals surface area contributed by atoms with Crippen molar-refractivity contribution in [2.24, 2.45) is 0 Å². The van der Waals surface area contributed by atoms with E-state index in [2.05, 4.69) is 21.2 Å². The third-order valence-electron chi connectivity index (χ3n) is 3.08. The maximum Gasteiger partial charge on any atom is 0.333 e. The molecule has 0 saturated heterocycles. The second kappa shape index (κ2) is 6.72. The SMILES string of the molecule is COC(=O)C(Nc1ccccc1F)c1ccc(C)cc1Br. The Morgan fingerprint density at radius 2 is 2.00 bits per heavy atom. The zero-order valence-corrected chi connectivity index (χ0v) is 13.3. The fraction of sp³-hybridized carbons (Fsp3) is 0.188. The molecule has 21 heavy (non-hydrogen) atoms. The summed E-state index contributed by atoms with van der Waals surface area (Å²) in [6.45, 7) is 1.95. The predicted octanol–water partition coefficient (Wildman–Crippen LogP) is 4.22. The first-order valence-corrected chi connectivity index (χ1v) is 7.17. The van der Waals surface area contributed by atoms with Crippen LogP contribution < -0.4 is 5.32 Å². The van der Waals surface area contributed by atoms with Gasteiger partial charge in [0.1, 0.15) is 5.82 Å². The van der Waals surface area contributed by atoms with E-state index in [-0.39, 0.29) is 5.69 Å². The second-order valence-electron chi connectivity index (χ2n) is 4.61. The van der Waals surface area contributed by atoms with Crippen molar-refractivity contribution in [3.8, 4) is 0 Å². The summed E-state index contributed by atoms with van der Waals surface area (Å²) in [6.07, 6.45) is 0. The van der Waals surface area contributed by atoms with Gasteiger partial charge in [-0.15, -0.1) is 0 Å². The van der Waals surface area contributed by atoms with Gasteiger partial charge in [-0.2, -0.15) is 0 Å². The summed E-state index contributed by atoms with van der Waals surface area (Å²) >= 11 is 3.44. The Morgan fingerprint density at radius 1 is 1.29 bits per heavy atom. The number of methoxy groups -OCH3 is 1. The zero-order valence-electron chi connectivity index (χ0n) is 11.7. The van der Waals surface area contributed by atoms with Gasteiger partial charge in [0.2, 0.25) is 0 Å². The molecule has 3 nitrogen and oxygen atoms in total. The van der Waals surface area contributed by atoms with E-state index in [1.807, 2.05) is 25.1 Å². The molecule has 2 aromatic rings. The van der Waals surface area contributed by atoms with Gasteiger partial charge in [-0.3, -0.25) is 0 Å². The average Bonchev–Trinajstić information content (AvgIpc) is 2.46. The quantitative estimate of drug-likeness (QED) is 0.838. The van der Waals surface area contributed by atoms with Gasteiger partial charge in [-0.05, 0) is 36.2 Å². The lowest BCUT2D eigenvalue weighted by Gasteiger charge is -2.20. The minimum atomic E-state index is -0.790. The van der Waals surface area contributed by atoms with Crippen LogP contribution in [-0.2, 0) is 9.53 Å². The van der Waals surface area contributed by atoms with Crippen LogP contribution in [0.1, 0.15) is 17.2 Å². The highest BCUT2D eigenvalue weighted by Crippen LogP contribution is 2.29. The van der Waals surface area contributed by atoms with Gasteiger partial charge in [-0.25, -0.2) is 9.18 Å². The normalized spacial score (nSPS) is 11.8. The molecule has 110 valence electrons. The van der Waals surface area contributed by atoms with Crippen LogP contribution in [0.15, 0.2) is 46.9 Å². The molecule has 0 fully saturated rings. The van der Waals surface area contributed by atoms with Crippen molar-refractivity contribution < 1.29 is 13.9 Å². The van der Waals surface area contributed by atoms with Crippen LogP contribution in [0.2, 0.25) is 0 Å². The van der Waals surface area contributed by atoms with Crippen molar-refractivity contribution in [1.82, 2.24) is 0 Å². The van der Waals surface area contributed by atoms with Gasteiger partial charge in [-0.1, -0.05) is 40.2 Å². The minimum Gasteiger partial charge on any atom is -0.467 e. The highest BCUT2D eigenvalue weighted by Gasteiger charge is 2.24. The van der Waals surface area contributed by atoms with Crippen molar-refractivity contribution in [1.29, 1.82) is 0 Å². The summed E-state index contributed by atoms with van der Waals surface area (Å²) in [7, 11) is 1.31. The highest BCUT2D eigenvalue weighted by molar-refractivity contribution is 9.10. The Morgan fingerprint density at radius 3 is 2.62 bits per heavy atom. The molecule has 0 aromatic heterocycles. The van der Waals surface area contributed by atoms with Crippen molar-refractivity contribution in [3.05, 3.63) is 63.9 Å². The summed E-state index contributed by atoms with van der Waals surface area (Å²) in [5.74, 6) is -0.905. The third-order valence-corrected chi connectivity index (χ3v) is 3.76. The van der Waals surface area contributed by atoms with E-state index in [9.17, 15) is 9.18 Å². The van der Waals surface area contributed by atoms with E-state index in [1.165, 1.54) is 13.2 Å². The number of para-hydroxylation sites is 1. The number of hydrogen-bond donors (Lipinski definition) is 1. The molecule has 2 aromatic carbocycles. The third kappa shape index (κ3) is 3.61. The summed E-state index contributed by atoms with van der Waals surface area (Å²) in [5, 5.41) is 2.90. The fourth-order valence-electron chi connectivity index (χ4n) is 1.98. The fourth-order valence-corrected chi connectivity index (χ4v) is 2.70. The molecular formula is C16H15BrFNO2. The molecule has 0 heterocycles. The number of rotatable bonds is 4. The van der Waals surface area contributed by atoms with Crippen molar-refractivity contribution in [2.75, 3.05) is 12.4 Å². The van der Waals surface area contributed by atoms with E-state index in [0.29, 0.717) is 5.56 Å². The molecule has 0 aliphatic carbocycles. The van der Waals surface area contributed by atoms with Gasteiger partial charge in [0.05, 0.1) is 12.8 Å². The smallest absolute Gasteiger partial charge is 0.333 e. The number of carbonyl (C=O) groups excluding carboxylic acids is 1. The Kier molecular flexibility index (Phi) is 4.96. The maximum atomic E-state index is 13.8. The number of ether oxygens (including phenoxy) is 1. The summed E-state index contributed by atoms with van der Waals surface area (Å²) in [4.78, 5) is 12.0. The van der Waals surface area contributed by atoms with Gasteiger partial charge in [0.15, 0.2) is 6.04 Å². The average molecular weight is 352 g/mol. The number of hydrogen-bond acceptors (Lipinski definition) is 3. The van der Waals surface area contributed by atoms with Crippen molar-refractivity contribution in [2.45, 2.75) is 13.0 Å². The number of carbonyl (C=O) groups is 1. The van der Waals surface area contributed by atoms with E-state index >= 15 is 0 Å². The number of benzene rings is 2. The lowest BCUT2D eigenvalue weighted by atomic mass is 10.0. The molecule has 0 amide bonds. The molecule has 2 rings (SSSR count). The first-order valence-electron chi connectivity index (χ1n) is 6.38. The van der Waals surface area contributed by atoms with E-state index < -0.39 is 17.8 Å². The Labute approximate surface area is 131 Å². The number of anilines is 1. The molecule has 0 spiro atoms. The summed E-state index contributed by atoms with van der Waals surface area (Å²) < 4.78 is 19.4. The topological polar surface area (TPSA) is 38.3 Å². The van der Waals surface area contributed by atoms with E-state index in [4.69, 9.17) is 4.74 Å². The molecular weight excluding hydrogens is 337 g/mol. The zero-order chi connectivity index (χ0) is 15.4. The van der Waals surface area contributed by atoms with Crippen LogP contribution >= 0.6 is 15.9 Å². The highest BCUT2D eigenvalue weighted by atomic mass is 79.9. The predicted molar refractivity (Wildman–Crippen MR) is 83.7 cm³/mol. The summed E-state index contributed by atoms with van der Waals surface area (Å²) in [5.41, 5.74) is 2.00. The molecule has 1 atom stereocenters. The van der Waals surface area contributed by atoms with Crippen molar-refractivity contribution in [3.63, 3.8) is 0 Å². The van der Waals surface area contributed by atoms with E-state index in [1.54, 1.807) is 18.2 Å². The number of esters is 1. The molecule has 0 aliphatic rings. The van der Waals surface area contributed by atoms with Crippen LogP contribution in [0.25, 0.3) is 0 Å². The summed E-state index contributed by atoms with van der Waals surface area (Å²) in [6, 6.07) is 11.0. The lowest BCUT2D eigenvalue weighted by Crippen LogP contribution is -2.23. The van der Waals surface area contributed by atoms with Crippen LogP contribution in [0, 0.1) is 12.7 Å². The van der Waals surface area contributed by atoms with Crippen LogP contribution in [0.3, 0.4) is 0 Å². The lowest BCUT2D eigenvalue weighted by molar-refractivity contribution is -0.141. The van der Waals surface area contributed by atoms with Crippen LogP contribution in [-0.4, -0.2) is 13.1 Å². The minimum absolute atomic E-state index is 0.250. The van der Waals surface area contributed by atoms with Gasteiger partial charge < -0.3 is 10.1 Å². The monoisotopic (exact) mass is 351 g/mol. The van der Waals surface area contributed by atoms with Gasteiger partial charge in [0, 0.05) is 4.47 Å². The molecule has 1 N–H and O–H groups in total. The van der Waals surface area contributed by atoms with Crippen molar-refractivity contribution >= 4 is 27.6 Å². The maximum absolute atomic E-state index is 13.8. The first-order chi connectivity index (χ1) is 10.0. The standard InChI is InChI=1S/C16H15BrFNO2/c1-10-7-8-11(12(17)9-10)15(16(20)21-2)19-14-6-4-3-5-13(14)18/h3-9,15,19H,1-2H3. The largest absolute Gasteiger partial charge is 0.467 e. The van der Waals surface area contributed by atoms with Gasteiger partial charge in [0.25, 0.3) is 0 Å². The molecule has 0 aliphatic heterocycles. The first kappa shape index (κ1) is 15.5. The molecule has 0 saturated carbocycles. The van der Waals surface area contributed by atoms with Crippen LogP contribution in [0.4, 0.5) is 10.1 Å². The molecule has 0 radical (unpaired) electrons. The number of halogens is 2. The Bertz CT molecular complexity index is 660. The Hall–Kier alpha value is -1.88. The van der Waals surface area contributed by atoms with E-state index in [0.717, 1.165) is 10.0 Å². The second-order valence-corrected chi connectivity index (χ2v) is 5.46. The molecule has 1 unspecified atom stereocenters. The van der Waals surface area contributed by atoms with Crippen LogP contribution in [0.5, 0.6) is 0 Å². The van der Waals surface area contributed by atoms with Gasteiger partial charge >= 0.3 is 5.97 Å². The number of aryl methyl sites for hydroxylation is 1. The molecule has 0 bridgehead atoms. The molecule has 5 heteroatoms. The number of nitrogens with one attached hydrogen (secondary N) is 1. The Balaban J connectivity index is 2.40.